The van der Waals surface area contributed by atoms with E-state index in [0.717, 1.165) is 67.7 Å². The quantitative estimate of drug-likeness (QED) is 0.326. The van der Waals surface area contributed by atoms with E-state index >= 15 is 0 Å². The zero-order chi connectivity index (χ0) is 23.5. The number of fused-ring (bicyclic) bond motifs is 1. The summed E-state index contributed by atoms with van der Waals surface area (Å²) in [5.41, 5.74) is 4.32. The van der Waals surface area contributed by atoms with Gasteiger partial charge in [-0.05, 0) is 47.9 Å². The maximum absolute atomic E-state index is 13.4. The van der Waals surface area contributed by atoms with Gasteiger partial charge in [0.1, 0.15) is 0 Å². The van der Waals surface area contributed by atoms with E-state index < -0.39 is 10.0 Å². The van der Waals surface area contributed by atoms with Crippen molar-refractivity contribution in [3.63, 3.8) is 0 Å². The molecule has 5 nitrogen and oxygen atoms in total. The van der Waals surface area contributed by atoms with E-state index in [1.165, 1.54) is 9.54 Å². The van der Waals surface area contributed by atoms with Crippen molar-refractivity contribution in [2.24, 2.45) is 0 Å². The fourth-order valence-corrected chi connectivity index (χ4v) is 6.18. The fourth-order valence-electron chi connectivity index (χ4n) is 4.83. The van der Waals surface area contributed by atoms with Crippen molar-refractivity contribution in [3.8, 4) is 0 Å². The lowest BCUT2D eigenvalue weighted by Crippen LogP contribution is -2.46. The van der Waals surface area contributed by atoms with Crippen LogP contribution in [-0.4, -0.2) is 43.5 Å². The molecule has 0 atom stereocenters. The Kier molecular flexibility index (Phi) is 7.85. The lowest BCUT2D eigenvalue weighted by molar-refractivity contribution is 0.250. The van der Waals surface area contributed by atoms with Gasteiger partial charge in [-0.15, -0.1) is 12.4 Å². The molecule has 0 unspecified atom stereocenters. The van der Waals surface area contributed by atoms with Crippen LogP contribution in [0, 0.1) is 0 Å². The van der Waals surface area contributed by atoms with Crippen molar-refractivity contribution in [3.05, 3.63) is 96.2 Å². The maximum Gasteiger partial charge on any atom is 0.268 e. The lowest BCUT2D eigenvalue weighted by atomic mass is 10.1. The summed E-state index contributed by atoms with van der Waals surface area (Å²) < 4.78 is 28.3. The van der Waals surface area contributed by atoms with E-state index in [9.17, 15) is 8.42 Å². The van der Waals surface area contributed by atoms with Crippen molar-refractivity contribution in [1.82, 2.24) is 8.87 Å². The minimum absolute atomic E-state index is 0. The molecule has 0 N–H and O–H groups in total. The molecule has 3 aromatic carbocycles. The van der Waals surface area contributed by atoms with Crippen LogP contribution in [0.4, 0.5) is 5.69 Å². The number of rotatable bonds is 7. The third-order valence-corrected chi connectivity index (χ3v) is 8.36. The Bertz CT molecular complexity index is 1360. The minimum atomic E-state index is -3.65. The highest BCUT2D eigenvalue weighted by molar-refractivity contribution is 7.90. The molecule has 0 amide bonds. The number of anilines is 1. The van der Waals surface area contributed by atoms with E-state index in [1.54, 1.807) is 18.3 Å². The molecule has 2 heterocycles. The summed E-state index contributed by atoms with van der Waals surface area (Å²) in [5, 5.41) is 0.977. The SMILES string of the molecule is CCCc1ccc(S(=O)(=O)n2ccc3c(N4CCN(Cc5ccccc5)CC4)cccc32)cc1.Cl. The van der Waals surface area contributed by atoms with Crippen molar-refractivity contribution >= 4 is 39.0 Å². The van der Waals surface area contributed by atoms with Crippen molar-refractivity contribution in [2.75, 3.05) is 31.1 Å². The molecule has 1 aliphatic rings. The normalized spacial score (nSPS) is 14.7. The first-order valence-corrected chi connectivity index (χ1v) is 13.5. The molecule has 184 valence electrons. The molecule has 1 aliphatic heterocycles. The molecule has 4 aromatic rings. The van der Waals surface area contributed by atoms with Crippen LogP contribution >= 0.6 is 12.4 Å². The Morgan fingerprint density at radius 2 is 1.49 bits per heavy atom. The first-order chi connectivity index (χ1) is 16.6. The first kappa shape index (κ1) is 25.3. The summed E-state index contributed by atoms with van der Waals surface area (Å²) in [7, 11) is -3.65. The van der Waals surface area contributed by atoms with Gasteiger partial charge in [-0.2, -0.15) is 0 Å². The van der Waals surface area contributed by atoms with Crippen molar-refractivity contribution in [1.29, 1.82) is 0 Å². The average Bonchev–Trinajstić information content (AvgIpc) is 3.31. The van der Waals surface area contributed by atoms with Gasteiger partial charge < -0.3 is 4.90 Å². The van der Waals surface area contributed by atoms with Crippen LogP contribution < -0.4 is 4.90 Å². The number of hydrogen-bond donors (Lipinski definition) is 0. The maximum atomic E-state index is 13.4. The van der Waals surface area contributed by atoms with Gasteiger partial charge in [-0.1, -0.05) is 61.9 Å². The Balaban J connectivity index is 0.00000289. The second-order valence-corrected chi connectivity index (χ2v) is 10.8. The van der Waals surface area contributed by atoms with Gasteiger partial charge in [0.25, 0.3) is 10.0 Å². The number of hydrogen-bond acceptors (Lipinski definition) is 4. The largest absolute Gasteiger partial charge is 0.368 e. The number of aryl methyl sites for hydroxylation is 1. The molecule has 35 heavy (non-hydrogen) atoms. The van der Waals surface area contributed by atoms with E-state index in [4.69, 9.17) is 0 Å². The van der Waals surface area contributed by atoms with Gasteiger partial charge in [0, 0.05) is 50.0 Å². The van der Waals surface area contributed by atoms with E-state index in [1.807, 2.05) is 30.3 Å². The molecule has 0 radical (unpaired) electrons. The number of nitrogens with zero attached hydrogens (tertiary/aromatic N) is 3. The molecule has 1 saturated heterocycles. The minimum Gasteiger partial charge on any atom is -0.368 e. The second kappa shape index (κ2) is 10.9. The van der Waals surface area contributed by atoms with Crippen molar-refractivity contribution < 1.29 is 8.42 Å². The third kappa shape index (κ3) is 5.25. The van der Waals surface area contributed by atoms with E-state index in [0.29, 0.717) is 4.90 Å². The molecule has 0 spiro atoms. The number of halogens is 1. The smallest absolute Gasteiger partial charge is 0.268 e. The molecule has 0 aliphatic carbocycles. The number of aromatic nitrogens is 1. The molecule has 0 saturated carbocycles. The van der Waals surface area contributed by atoms with Crippen LogP contribution in [0.5, 0.6) is 0 Å². The Labute approximate surface area is 214 Å². The van der Waals surface area contributed by atoms with Gasteiger partial charge in [-0.3, -0.25) is 4.90 Å². The standard InChI is InChI=1S/C28H31N3O2S.ClH/c1-2-7-23-12-14-25(15-13-23)34(32,33)31-17-16-26-27(10-6-11-28(26)31)30-20-18-29(19-21-30)22-24-8-4-3-5-9-24;/h3-6,8-17H,2,7,18-22H2,1H3;1H. The third-order valence-electron chi connectivity index (χ3n) is 6.65. The van der Waals surface area contributed by atoms with Gasteiger partial charge in [0.15, 0.2) is 0 Å². The molecular weight excluding hydrogens is 478 g/mol. The highest BCUT2D eigenvalue weighted by Crippen LogP contribution is 2.31. The van der Waals surface area contributed by atoms with Gasteiger partial charge >= 0.3 is 0 Å². The van der Waals surface area contributed by atoms with Crippen LogP contribution in [-0.2, 0) is 23.0 Å². The van der Waals surface area contributed by atoms with Gasteiger partial charge in [0.05, 0.1) is 10.4 Å². The molecule has 0 bridgehead atoms. The summed E-state index contributed by atoms with van der Waals surface area (Å²) in [6, 6.07) is 25.8. The predicted octanol–water partition coefficient (Wildman–Crippen LogP) is 5.57. The molecular formula is C28H32ClN3O2S. The summed E-state index contributed by atoms with van der Waals surface area (Å²) in [5.74, 6) is 0. The van der Waals surface area contributed by atoms with Crippen LogP contribution in [0.15, 0.2) is 90.0 Å². The number of piperazine rings is 1. The van der Waals surface area contributed by atoms with Crippen LogP contribution in [0.2, 0.25) is 0 Å². The van der Waals surface area contributed by atoms with Crippen molar-refractivity contribution in [2.45, 2.75) is 31.2 Å². The molecule has 1 aromatic heterocycles. The zero-order valence-corrected chi connectivity index (χ0v) is 21.6. The Hall–Kier alpha value is -2.80. The summed E-state index contributed by atoms with van der Waals surface area (Å²) in [6.45, 7) is 6.89. The summed E-state index contributed by atoms with van der Waals surface area (Å²) >= 11 is 0. The highest BCUT2D eigenvalue weighted by atomic mass is 35.5. The fraction of sp³-hybridized carbons (Fsp3) is 0.286. The highest BCUT2D eigenvalue weighted by Gasteiger charge is 2.23. The van der Waals surface area contributed by atoms with E-state index in [-0.39, 0.29) is 12.4 Å². The van der Waals surface area contributed by atoms with Gasteiger partial charge in [0.2, 0.25) is 0 Å². The summed E-state index contributed by atoms with van der Waals surface area (Å²) in [4.78, 5) is 5.18. The summed E-state index contributed by atoms with van der Waals surface area (Å²) in [6.07, 6.45) is 3.68. The van der Waals surface area contributed by atoms with Gasteiger partial charge in [-0.25, -0.2) is 12.4 Å². The Morgan fingerprint density at radius 1 is 0.771 bits per heavy atom. The predicted molar refractivity (Wildman–Crippen MR) is 146 cm³/mol. The molecule has 7 heteroatoms. The van der Waals surface area contributed by atoms with Crippen LogP contribution in [0.25, 0.3) is 10.9 Å². The van der Waals surface area contributed by atoms with E-state index in [2.05, 4.69) is 53.1 Å². The average molecular weight is 510 g/mol. The molecule has 5 rings (SSSR count). The van der Waals surface area contributed by atoms with Crippen LogP contribution in [0.1, 0.15) is 24.5 Å². The lowest BCUT2D eigenvalue weighted by Gasteiger charge is -2.36. The topological polar surface area (TPSA) is 45.6 Å². The molecule has 1 fully saturated rings. The number of benzene rings is 3. The Morgan fingerprint density at radius 3 is 2.17 bits per heavy atom. The zero-order valence-electron chi connectivity index (χ0n) is 20.0. The monoisotopic (exact) mass is 509 g/mol. The first-order valence-electron chi connectivity index (χ1n) is 12.0. The second-order valence-electron chi connectivity index (χ2n) is 8.97. The van der Waals surface area contributed by atoms with Crippen LogP contribution in [0.3, 0.4) is 0 Å².